The van der Waals surface area contributed by atoms with Crippen LogP contribution >= 0.6 is 11.3 Å². The Labute approximate surface area is 104 Å². The maximum absolute atomic E-state index is 11.1. The maximum Gasteiger partial charge on any atom is 0.269 e. The molecule has 0 fully saturated rings. The van der Waals surface area contributed by atoms with Crippen LogP contribution in [0.3, 0.4) is 0 Å². The molecular weight excluding hydrogens is 254 g/mol. The van der Waals surface area contributed by atoms with E-state index in [0.29, 0.717) is 22.8 Å². The van der Waals surface area contributed by atoms with E-state index < -0.39 is 5.91 Å². The predicted molar refractivity (Wildman–Crippen MR) is 64.1 cm³/mol. The van der Waals surface area contributed by atoms with E-state index in [9.17, 15) is 9.59 Å². The molecule has 8 heteroatoms. The number of rotatable bonds is 3. The van der Waals surface area contributed by atoms with Crippen LogP contribution in [-0.2, 0) is 0 Å². The summed E-state index contributed by atoms with van der Waals surface area (Å²) in [5.41, 5.74) is 5.63. The van der Waals surface area contributed by atoms with Gasteiger partial charge in [0.05, 0.1) is 0 Å². The van der Waals surface area contributed by atoms with Crippen molar-refractivity contribution in [3.63, 3.8) is 0 Å². The van der Waals surface area contributed by atoms with E-state index in [1.165, 1.54) is 22.1 Å². The summed E-state index contributed by atoms with van der Waals surface area (Å²) in [4.78, 5) is 27.1. The van der Waals surface area contributed by atoms with E-state index in [4.69, 9.17) is 5.73 Å². The van der Waals surface area contributed by atoms with Crippen LogP contribution in [0.15, 0.2) is 23.8 Å². The number of hydrogen-bond donors (Lipinski definition) is 1. The number of aldehydes is 1. The second kappa shape index (κ2) is 3.77. The van der Waals surface area contributed by atoms with Crippen LogP contribution in [0, 0.1) is 0 Å². The highest BCUT2D eigenvalue weighted by Crippen LogP contribution is 2.18. The van der Waals surface area contributed by atoms with Gasteiger partial charge in [0.1, 0.15) is 11.4 Å². The van der Waals surface area contributed by atoms with Gasteiger partial charge in [-0.25, -0.2) is 4.68 Å². The molecule has 7 nitrogen and oxygen atoms in total. The van der Waals surface area contributed by atoms with Crippen molar-refractivity contribution < 1.29 is 9.59 Å². The van der Waals surface area contributed by atoms with Crippen LogP contribution in [0.1, 0.15) is 21.0 Å². The number of thiazole rings is 1. The third-order valence-electron chi connectivity index (χ3n) is 2.45. The molecule has 3 rings (SSSR count). The Morgan fingerprint density at radius 2 is 2.28 bits per heavy atom. The summed E-state index contributed by atoms with van der Waals surface area (Å²) in [6.07, 6.45) is 3.99. The Hall–Kier alpha value is -2.48. The summed E-state index contributed by atoms with van der Waals surface area (Å²) in [7, 11) is 0. The number of hydrogen-bond acceptors (Lipinski definition) is 5. The number of nitrogens with zero attached hydrogens (tertiary/aromatic N) is 4. The molecule has 0 saturated carbocycles. The topological polar surface area (TPSA) is 95.3 Å². The molecule has 0 spiro atoms. The number of amides is 1. The fraction of sp³-hybridized carbons (Fsp3) is 0. The second-order valence-corrected chi connectivity index (χ2v) is 4.38. The molecule has 0 bridgehead atoms. The van der Waals surface area contributed by atoms with Gasteiger partial charge in [0.2, 0.25) is 0 Å². The van der Waals surface area contributed by atoms with Crippen molar-refractivity contribution in [1.29, 1.82) is 0 Å². The Balaban J connectivity index is 2.20. The average Bonchev–Trinajstić information content (AvgIpc) is 3.02. The first kappa shape index (κ1) is 10.7. The molecule has 3 aromatic heterocycles. The van der Waals surface area contributed by atoms with Crippen LogP contribution < -0.4 is 5.73 Å². The van der Waals surface area contributed by atoms with Crippen molar-refractivity contribution in [2.24, 2.45) is 5.73 Å². The van der Waals surface area contributed by atoms with Gasteiger partial charge in [0, 0.05) is 17.8 Å². The van der Waals surface area contributed by atoms with Crippen molar-refractivity contribution in [2.75, 3.05) is 0 Å². The zero-order valence-electron chi connectivity index (χ0n) is 8.98. The smallest absolute Gasteiger partial charge is 0.269 e. The van der Waals surface area contributed by atoms with Gasteiger partial charge in [-0.1, -0.05) is 0 Å². The molecule has 0 unspecified atom stereocenters. The van der Waals surface area contributed by atoms with E-state index in [0.717, 1.165) is 0 Å². The molecule has 3 aromatic rings. The first-order chi connectivity index (χ1) is 8.70. The quantitative estimate of drug-likeness (QED) is 0.694. The second-order valence-electron chi connectivity index (χ2n) is 3.50. The summed E-state index contributed by atoms with van der Waals surface area (Å²) in [6.45, 7) is 0. The van der Waals surface area contributed by atoms with E-state index in [1.54, 1.807) is 16.8 Å². The highest BCUT2D eigenvalue weighted by atomic mass is 32.1. The molecule has 1 amide bonds. The van der Waals surface area contributed by atoms with Gasteiger partial charge in [0.25, 0.3) is 5.91 Å². The summed E-state index contributed by atoms with van der Waals surface area (Å²) in [6, 6.07) is 1.48. The van der Waals surface area contributed by atoms with Gasteiger partial charge in [-0.2, -0.15) is 10.1 Å². The van der Waals surface area contributed by atoms with E-state index >= 15 is 0 Å². The lowest BCUT2D eigenvalue weighted by atomic mass is 10.4. The third kappa shape index (κ3) is 1.43. The lowest BCUT2D eigenvalue weighted by Crippen LogP contribution is -2.12. The zero-order chi connectivity index (χ0) is 12.7. The molecule has 0 aromatic carbocycles. The van der Waals surface area contributed by atoms with Crippen molar-refractivity contribution >= 4 is 28.5 Å². The minimum atomic E-state index is -0.623. The first-order valence-corrected chi connectivity index (χ1v) is 5.85. The van der Waals surface area contributed by atoms with Crippen molar-refractivity contribution in [2.45, 2.75) is 0 Å². The van der Waals surface area contributed by atoms with Crippen LogP contribution in [0.5, 0.6) is 0 Å². The van der Waals surface area contributed by atoms with E-state index in [2.05, 4.69) is 10.1 Å². The predicted octanol–water partition coefficient (Wildman–Crippen LogP) is 0.493. The first-order valence-electron chi connectivity index (χ1n) is 4.97. The van der Waals surface area contributed by atoms with Gasteiger partial charge >= 0.3 is 0 Å². The Kier molecular flexibility index (Phi) is 2.23. The molecular formula is C10H7N5O2S. The number of carbonyl (C=O) groups is 2. The molecule has 18 heavy (non-hydrogen) atoms. The number of fused-ring (bicyclic) bond motifs is 1. The molecule has 0 atom stereocenters. The van der Waals surface area contributed by atoms with Crippen molar-refractivity contribution in [1.82, 2.24) is 19.2 Å². The van der Waals surface area contributed by atoms with Gasteiger partial charge in [0.15, 0.2) is 17.1 Å². The Morgan fingerprint density at radius 1 is 1.44 bits per heavy atom. The Morgan fingerprint density at radius 3 is 2.94 bits per heavy atom. The van der Waals surface area contributed by atoms with E-state index in [1.807, 2.05) is 5.38 Å². The van der Waals surface area contributed by atoms with Gasteiger partial charge in [-0.15, -0.1) is 11.3 Å². The van der Waals surface area contributed by atoms with E-state index in [-0.39, 0.29) is 5.69 Å². The molecule has 0 radical (unpaired) electrons. The summed E-state index contributed by atoms with van der Waals surface area (Å²) in [5, 5.41) is 5.81. The molecule has 0 aliphatic heterocycles. The largest absolute Gasteiger partial charge is 0.364 e. The molecule has 0 saturated heterocycles. The van der Waals surface area contributed by atoms with Gasteiger partial charge < -0.3 is 5.73 Å². The number of carbonyl (C=O) groups excluding carboxylic acids is 2. The minimum Gasteiger partial charge on any atom is -0.364 e. The standard InChI is InChI=1S/C10H7N5O2S/c11-8(17)6-1-2-15(13-6)9-7(5-16)14-3-4-18-10(14)12-9/h1-5H,(H2,11,17). The highest BCUT2D eigenvalue weighted by molar-refractivity contribution is 7.15. The number of aromatic nitrogens is 4. The number of primary amides is 1. The van der Waals surface area contributed by atoms with Crippen molar-refractivity contribution in [3.05, 3.63) is 35.2 Å². The fourth-order valence-electron chi connectivity index (χ4n) is 1.64. The monoisotopic (exact) mass is 261 g/mol. The van der Waals surface area contributed by atoms with Crippen LogP contribution in [0.2, 0.25) is 0 Å². The summed E-state index contributed by atoms with van der Waals surface area (Å²) < 4.78 is 3.03. The maximum atomic E-state index is 11.1. The van der Waals surface area contributed by atoms with Crippen LogP contribution in [0.4, 0.5) is 0 Å². The summed E-state index contributed by atoms with van der Waals surface area (Å²) >= 11 is 1.41. The molecule has 2 N–H and O–H groups in total. The highest BCUT2D eigenvalue weighted by Gasteiger charge is 2.16. The lowest BCUT2D eigenvalue weighted by Gasteiger charge is -1.96. The molecule has 90 valence electrons. The fourth-order valence-corrected chi connectivity index (χ4v) is 2.36. The third-order valence-corrected chi connectivity index (χ3v) is 3.21. The average molecular weight is 261 g/mol. The summed E-state index contributed by atoms with van der Waals surface area (Å²) in [5.74, 6) is -0.244. The van der Waals surface area contributed by atoms with Gasteiger partial charge in [-0.05, 0) is 6.07 Å². The number of imidazole rings is 1. The van der Waals surface area contributed by atoms with Crippen LogP contribution in [-0.4, -0.2) is 31.4 Å². The normalized spacial score (nSPS) is 10.9. The van der Waals surface area contributed by atoms with Crippen molar-refractivity contribution in [3.8, 4) is 5.82 Å². The minimum absolute atomic E-state index is 0.128. The molecule has 0 aliphatic rings. The SMILES string of the molecule is NC(=O)c1ccn(-c2nc3sccn3c2C=O)n1. The zero-order valence-corrected chi connectivity index (χ0v) is 9.79. The lowest BCUT2D eigenvalue weighted by molar-refractivity contribution is 0.0995. The number of nitrogens with two attached hydrogens (primary N) is 1. The van der Waals surface area contributed by atoms with Gasteiger partial charge in [-0.3, -0.25) is 14.0 Å². The molecule has 3 heterocycles. The Bertz CT molecular complexity index is 753. The van der Waals surface area contributed by atoms with Crippen LogP contribution in [0.25, 0.3) is 10.8 Å². The molecule has 0 aliphatic carbocycles.